The molecule has 1 aliphatic carbocycles. The highest BCUT2D eigenvalue weighted by Crippen LogP contribution is 2.32. The Morgan fingerprint density at radius 2 is 2.15 bits per heavy atom. The number of rotatable bonds is 11. The van der Waals surface area contributed by atoms with E-state index in [0.717, 1.165) is 5.56 Å². The van der Waals surface area contributed by atoms with E-state index in [-0.39, 0.29) is 29.4 Å². The van der Waals surface area contributed by atoms with E-state index in [0.29, 0.717) is 12.2 Å². The lowest BCUT2D eigenvalue weighted by Gasteiger charge is -2.18. The van der Waals surface area contributed by atoms with Crippen LogP contribution in [0.5, 0.6) is 0 Å². The molecule has 4 atom stereocenters. The minimum atomic E-state index is -4.25. The quantitative estimate of drug-likeness (QED) is 0.219. The summed E-state index contributed by atoms with van der Waals surface area (Å²) in [6, 6.07) is 7.80. The van der Waals surface area contributed by atoms with Gasteiger partial charge in [-0.3, -0.25) is 18.5 Å². The van der Waals surface area contributed by atoms with Crippen molar-refractivity contribution < 1.29 is 31.7 Å². The van der Waals surface area contributed by atoms with Crippen molar-refractivity contribution in [1.29, 1.82) is 0 Å². The third-order valence-electron chi connectivity index (χ3n) is 6.50. The molecular weight excluding hydrogens is 545 g/mol. The number of nitrogens with one attached hydrogen (secondary N) is 1. The summed E-state index contributed by atoms with van der Waals surface area (Å²) < 4.78 is 43.0. The van der Waals surface area contributed by atoms with E-state index in [1.165, 1.54) is 29.6 Å². The van der Waals surface area contributed by atoms with Gasteiger partial charge in [0.1, 0.15) is 24.0 Å². The number of nitrogens with two attached hydrogens (primary N) is 1. The van der Waals surface area contributed by atoms with Crippen LogP contribution in [0.2, 0.25) is 0 Å². The number of aromatic nitrogens is 4. The highest BCUT2D eigenvalue weighted by atomic mass is 32.2. The number of hydrogen-bond donors (Lipinski definition) is 3. The molecule has 4 rings (SSSR count). The summed E-state index contributed by atoms with van der Waals surface area (Å²) in [7, 11) is -2.62. The number of benzene rings is 1. The molecule has 0 radical (unpaired) electrons. The second-order valence-electron chi connectivity index (χ2n) is 9.24. The van der Waals surface area contributed by atoms with Crippen molar-refractivity contribution >= 4 is 33.5 Å². The van der Waals surface area contributed by atoms with Crippen LogP contribution in [-0.2, 0) is 25.8 Å². The van der Waals surface area contributed by atoms with Gasteiger partial charge >= 0.3 is 10.3 Å². The number of nitrogens with zero attached hydrogens (tertiary/aromatic N) is 5. The smallest absolute Gasteiger partial charge is 0.333 e. The fourth-order valence-corrected chi connectivity index (χ4v) is 4.76. The first-order valence-corrected chi connectivity index (χ1v) is 13.6. The first-order valence-electron chi connectivity index (χ1n) is 12.1. The Hall–Kier alpha value is -4.05. The molecule has 0 unspecified atom stereocenters. The first-order chi connectivity index (χ1) is 19.0. The summed E-state index contributed by atoms with van der Waals surface area (Å²) in [6.45, 7) is 3.32. The molecule has 0 aliphatic heterocycles. The van der Waals surface area contributed by atoms with Crippen LogP contribution < -0.4 is 15.4 Å². The highest BCUT2D eigenvalue weighted by Gasteiger charge is 2.44. The molecule has 0 spiro atoms. The van der Waals surface area contributed by atoms with Gasteiger partial charge in [0.15, 0.2) is 0 Å². The number of carbonyl (C=O) groups is 2. The molecule has 1 saturated carbocycles. The van der Waals surface area contributed by atoms with Gasteiger partial charge < -0.3 is 15.3 Å². The Labute approximate surface area is 229 Å². The van der Waals surface area contributed by atoms with E-state index in [4.69, 9.17) is 5.14 Å². The maximum atomic E-state index is 14.8. The van der Waals surface area contributed by atoms with Crippen LogP contribution in [0.4, 0.5) is 15.9 Å². The number of aliphatic hydroxyl groups excluding tert-OH is 1. The average molecular weight is 574 g/mol. The number of ketones is 1. The van der Waals surface area contributed by atoms with E-state index in [1.54, 1.807) is 30.1 Å². The normalized spacial score (nSPS) is 20.7. The number of amides is 1. The number of halogens is 1. The second kappa shape index (κ2) is 12.0. The molecule has 1 amide bonds. The zero-order chi connectivity index (χ0) is 29.0. The van der Waals surface area contributed by atoms with Crippen LogP contribution in [0, 0.1) is 5.92 Å². The lowest BCUT2D eigenvalue weighted by molar-refractivity contribution is -0.113. The molecule has 2 heterocycles. The van der Waals surface area contributed by atoms with Gasteiger partial charge in [-0.15, -0.1) is 0 Å². The largest absolute Gasteiger partial charge is 0.390 e. The van der Waals surface area contributed by atoms with Gasteiger partial charge in [0.05, 0.1) is 30.9 Å². The zero-order valence-corrected chi connectivity index (χ0v) is 22.2. The van der Waals surface area contributed by atoms with Gasteiger partial charge in [0, 0.05) is 31.0 Å². The van der Waals surface area contributed by atoms with Gasteiger partial charge in [-0.1, -0.05) is 18.7 Å². The van der Waals surface area contributed by atoms with Crippen molar-refractivity contribution in [2.45, 2.75) is 31.3 Å². The predicted molar refractivity (Wildman–Crippen MR) is 142 cm³/mol. The van der Waals surface area contributed by atoms with E-state index in [2.05, 4.69) is 31.1 Å². The predicted octanol–water partition coefficient (Wildman–Crippen LogP) is 0.821. The lowest BCUT2D eigenvalue weighted by Crippen LogP contribution is -2.33. The van der Waals surface area contributed by atoms with Gasteiger partial charge in [-0.05, 0) is 36.3 Å². The van der Waals surface area contributed by atoms with Gasteiger partial charge in [-0.2, -0.15) is 13.5 Å². The molecule has 15 heteroatoms. The van der Waals surface area contributed by atoms with Crippen molar-refractivity contribution in [1.82, 2.24) is 19.7 Å². The summed E-state index contributed by atoms with van der Waals surface area (Å²) >= 11 is 0. The number of hydrogen-bond acceptors (Lipinski definition) is 10. The first kappa shape index (κ1) is 28.9. The Morgan fingerprint density at radius 1 is 1.38 bits per heavy atom. The summed E-state index contributed by atoms with van der Waals surface area (Å²) in [6.07, 6.45) is 1.99. The molecular formula is C25H28FN7O6S. The maximum Gasteiger partial charge on any atom is 0.333 e. The Balaban J connectivity index is 1.47. The third-order valence-corrected chi connectivity index (χ3v) is 6.96. The SMILES string of the molecule is C=CC(=O)N(C)c1cccc(Cn2ccc(C(=O)c3cncnc3N[C@@H]3C[C@H](COS(N)(=O)=O)[C@@H](O)[C@@H]3F)n2)c1. The Morgan fingerprint density at radius 3 is 2.88 bits per heavy atom. The molecule has 2 aromatic heterocycles. The van der Waals surface area contributed by atoms with Crippen LogP contribution in [0.15, 0.2) is 61.7 Å². The van der Waals surface area contributed by atoms with E-state index >= 15 is 0 Å². The molecule has 0 bridgehead atoms. The molecule has 13 nitrogen and oxygen atoms in total. The van der Waals surface area contributed by atoms with E-state index in [9.17, 15) is 27.5 Å². The Kier molecular flexibility index (Phi) is 8.68. The summed E-state index contributed by atoms with van der Waals surface area (Å²) in [5.74, 6) is -1.59. The van der Waals surface area contributed by atoms with Gasteiger partial charge in [0.2, 0.25) is 11.7 Å². The number of aliphatic hydroxyl groups is 1. The van der Waals surface area contributed by atoms with Crippen molar-refractivity contribution in [3.05, 3.63) is 78.5 Å². The monoisotopic (exact) mass is 573 g/mol. The fraction of sp³-hybridized carbons (Fsp3) is 0.320. The summed E-state index contributed by atoms with van der Waals surface area (Å²) in [5, 5.41) is 22.2. The van der Waals surface area contributed by atoms with Crippen molar-refractivity contribution in [3.63, 3.8) is 0 Å². The van der Waals surface area contributed by atoms with E-state index in [1.807, 2.05) is 12.1 Å². The van der Waals surface area contributed by atoms with Crippen molar-refractivity contribution in [3.8, 4) is 0 Å². The second-order valence-corrected chi connectivity index (χ2v) is 10.5. The van der Waals surface area contributed by atoms with Crippen LogP contribution >= 0.6 is 0 Å². The molecule has 1 aromatic carbocycles. The minimum absolute atomic E-state index is 0.00321. The molecule has 1 aliphatic rings. The Bertz CT molecular complexity index is 1510. The van der Waals surface area contributed by atoms with Crippen molar-refractivity contribution in [2.24, 2.45) is 11.1 Å². The standard InChI is InChI=1S/C25H28FN7O6S/c1-3-21(34)32(2)17-6-4-5-15(9-17)12-33-8-7-19(31-33)24(36)18-11-28-14-29-25(18)30-20-10-16(23(35)22(20)26)13-39-40(27,37)38/h3-9,11,14,16,20,22-23,35H,1,10,12-13H2,2H3,(H2,27,37,38)(H,28,29,30)/t16-,20-,22-,23-/m1/s1. The molecule has 4 N–H and O–H groups in total. The summed E-state index contributed by atoms with van der Waals surface area (Å²) in [4.78, 5) is 34.6. The number of likely N-dealkylation sites (N-methyl/N-ethyl adjacent to an activating group) is 1. The molecule has 40 heavy (non-hydrogen) atoms. The lowest BCUT2D eigenvalue weighted by atomic mass is 10.1. The number of carbonyl (C=O) groups excluding carboxylic acids is 2. The zero-order valence-electron chi connectivity index (χ0n) is 21.4. The number of alkyl halides is 1. The van der Waals surface area contributed by atoms with Crippen LogP contribution in [0.25, 0.3) is 0 Å². The van der Waals surface area contributed by atoms with Crippen LogP contribution in [0.3, 0.4) is 0 Å². The van der Waals surface area contributed by atoms with Crippen LogP contribution in [0.1, 0.15) is 28.0 Å². The molecule has 1 fully saturated rings. The average Bonchev–Trinajstić information content (AvgIpc) is 3.50. The highest BCUT2D eigenvalue weighted by molar-refractivity contribution is 7.84. The third kappa shape index (κ3) is 6.74. The van der Waals surface area contributed by atoms with Gasteiger partial charge in [0.25, 0.3) is 0 Å². The van der Waals surface area contributed by atoms with Crippen LogP contribution in [-0.4, -0.2) is 76.9 Å². The minimum Gasteiger partial charge on any atom is -0.390 e. The van der Waals surface area contributed by atoms with E-state index < -0.39 is 46.9 Å². The number of anilines is 2. The maximum absolute atomic E-state index is 14.8. The molecule has 3 aromatic rings. The summed E-state index contributed by atoms with van der Waals surface area (Å²) in [5.41, 5.74) is 1.63. The fourth-order valence-electron chi connectivity index (χ4n) is 4.39. The van der Waals surface area contributed by atoms with Crippen molar-refractivity contribution in [2.75, 3.05) is 23.9 Å². The molecule has 212 valence electrons. The topological polar surface area (TPSA) is 183 Å². The van der Waals surface area contributed by atoms with Gasteiger partial charge in [-0.25, -0.2) is 19.5 Å². The molecule has 0 saturated heterocycles.